The van der Waals surface area contributed by atoms with Crippen molar-refractivity contribution in [2.75, 3.05) is 26.4 Å². The molecule has 3 rings (SSSR count). The van der Waals surface area contributed by atoms with Gasteiger partial charge in [0.1, 0.15) is 73.2 Å². The Morgan fingerprint density at radius 1 is 0.359 bits per heavy atom. The number of unbranched alkanes of at least 4 members (excludes halogenated alkanes) is 44. The summed E-state index contributed by atoms with van der Waals surface area (Å²) in [5.41, 5.74) is 0. The van der Waals surface area contributed by atoms with Crippen LogP contribution in [0.5, 0.6) is 0 Å². The topological polar surface area (TPSA) is 307 Å². The van der Waals surface area contributed by atoms with Crippen molar-refractivity contribution in [2.24, 2.45) is 0 Å². The highest BCUT2D eigenvalue weighted by atomic mass is 16.8. The first kappa shape index (κ1) is 95.0. The van der Waals surface area contributed by atoms with Crippen molar-refractivity contribution in [3.8, 4) is 0 Å². The van der Waals surface area contributed by atoms with E-state index in [9.17, 15) is 61.0 Å². The Morgan fingerprint density at radius 3 is 1.05 bits per heavy atom. The molecule has 3 aliphatic heterocycles. The van der Waals surface area contributed by atoms with Crippen LogP contribution in [0.2, 0.25) is 0 Å². The van der Waals surface area contributed by atoms with Crippen molar-refractivity contribution in [1.82, 2.24) is 5.32 Å². The van der Waals surface area contributed by atoms with E-state index in [0.29, 0.717) is 12.8 Å². The molecule has 1 amide bonds. The number of carbonyl (C=O) groups is 1. The summed E-state index contributed by atoms with van der Waals surface area (Å²) in [6.45, 7) is 1.74. The number of ether oxygens (including phenoxy) is 6. The molecule has 0 radical (unpaired) electrons. The summed E-state index contributed by atoms with van der Waals surface area (Å²) in [5, 5.41) is 121. The lowest BCUT2D eigenvalue weighted by Crippen LogP contribution is -2.66. The van der Waals surface area contributed by atoms with E-state index in [4.69, 9.17) is 28.4 Å². The lowest BCUT2D eigenvalue weighted by Gasteiger charge is -2.48. The zero-order valence-electron chi connectivity index (χ0n) is 64.8. The molecule has 19 nitrogen and oxygen atoms in total. The van der Waals surface area contributed by atoms with Crippen LogP contribution < -0.4 is 5.32 Å². The van der Waals surface area contributed by atoms with E-state index in [-0.39, 0.29) is 18.9 Å². The van der Waals surface area contributed by atoms with Gasteiger partial charge in [0.2, 0.25) is 5.91 Å². The van der Waals surface area contributed by atoms with E-state index in [0.717, 1.165) is 77.0 Å². The van der Waals surface area contributed by atoms with Gasteiger partial charge in [-0.2, -0.15) is 0 Å². The Kier molecular flexibility index (Phi) is 59.5. The largest absolute Gasteiger partial charge is 0.394 e. The van der Waals surface area contributed by atoms with Gasteiger partial charge in [0.05, 0.1) is 38.6 Å². The van der Waals surface area contributed by atoms with Gasteiger partial charge >= 0.3 is 0 Å². The van der Waals surface area contributed by atoms with Gasteiger partial charge in [-0.3, -0.25) is 4.79 Å². The average molecular weight is 1470 g/mol. The molecule has 0 saturated carbocycles. The molecule has 3 aliphatic rings. The average Bonchev–Trinajstić information content (AvgIpc) is 0.781. The van der Waals surface area contributed by atoms with E-state index in [1.165, 1.54) is 238 Å². The van der Waals surface area contributed by atoms with E-state index in [1.54, 1.807) is 0 Å². The van der Waals surface area contributed by atoms with Crippen LogP contribution in [0.1, 0.15) is 348 Å². The molecule has 19 heteroatoms. The van der Waals surface area contributed by atoms with Gasteiger partial charge in [-0.1, -0.05) is 339 Å². The van der Waals surface area contributed by atoms with Crippen molar-refractivity contribution in [3.63, 3.8) is 0 Å². The number of amides is 1. The van der Waals surface area contributed by atoms with Gasteiger partial charge in [0, 0.05) is 6.42 Å². The smallest absolute Gasteiger partial charge is 0.220 e. The van der Waals surface area contributed by atoms with Gasteiger partial charge in [-0.15, -0.1) is 0 Å². The summed E-state index contributed by atoms with van der Waals surface area (Å²) < 4.78 is 34.6. The predicted octanol–water partition coefficient (Wildman–Crippen LogP) is 14.8. The Hall–Kier alpha value is -2.25. The minimum Gasteiger partial charge on any atom is -0.394 e. The van der Waals surface area contributed by atoms with Crippen LogP contribution in [-0.2, 0) is 33.2 Å². The fourth-order valence-electron chi connectivity index (χ4n) is 14.4. The molecule has 0 aromatic heterocycles. The number of carbonyl (C=O) groups excluding carboxylic acids is 1. The lowest BCUT2D eigenvalue weighted by atomic mass is 9.96. The first-order chi connectivity index (χ1) is 50.3. The molecule has 103 heavy (non-hydrogen) atoms. The number of nitrogens with one attached hydrogen (secondary N) is 1. The van der Waals surface area contributed by atoms with Crippen molar-refractivity contribution in [1.29, 1.82) is 0 Å². The summed E-state index contributed by atoms with van der Waals surface area (Å²) in [6.07, 6.45) is 54.9. The summed E-state index contributed by atoms with van der Waals surface area (Å²) in [6, 6.07) is -0.892. The normalized spacial score (nSPS) is 26.2. The molecule has 17 unspecified atom stereocenters. The molecule has 604 valence electrons. The summed E-state index contributed by atoms with van der Waals surface area (Å²) in [7, 11) is 0. The summed E-state index contributed by atoms with van der Waals surface area (Å²) in [4.78, 5) is 13.5. The van der Waals surface area contributed by atoms with Crippen LogP contribution in [0.15, 0.2) is 48.6 Å². The van der Waals surface area contributed by atoms with E-state index in [1.807, 2.05) is 0 Å². The maximum atomic E-state index is 13.5. The second-order valence-electron chi connectivity index (χ2n) is 30.3. The summed E-state index contributed by atoms with van der Waals surface area (Å²) >= 11 is 0. The minimum atomic E-state index is -1.97. The predicted molar refractivity (Wildman–Crippen MR) is 411 cm³/mol. The first-order valence-corrected chi connectivity index (χ1v) is 42.4. The van der Waals surface area contributed by atoms with Crippen molar-refractivity contribution in [2.45, 2.75) is 452 Å². The van der Waals surface area contributed by atoms with Crippen molar-refractivity contribution < 1.29 is 89.4 Å². The molecule has 0 bridgehead atoms. The molecule has 0 spiro atoms. The van der Waals surface area contributed by atoms with Gasteiger partial charge in [-0.05, 0) is 51.4 Å². The second kappa shape index (κ2) is 64.6. The van der Waals surface area contributed by atoms with Crippen molar-refractivity contribution >= 4 is 5.91 Å². The first-order valence-electron chi connectivity index (χ1n) is 42.4. The maximum absolute atomic E-state index is 13.5. The highest BCUT2D eigenvalue weighted by Gasteiger charge is 2.54. The fraction of sp³-hybridized carbons (Fsp3) is 0.893. The van der Waals surface area contributed by atoms with E-state index < -0.39 is 124 Å². The SMILES string of the molecule is CC/C=C\C/C=C\C/C=C\C/C=C\CCCCCCCCCCCCCCC(=O)NC(COC1OC(CO)C(OC2OC(CO)C(OC3OC(CO)C(O)C(O)C3O)C(O)C2O)C(O)C1O)C(O)CCCCCCCCCCCCCCCCCCCCCCCCCCCCCCCCCCC. The molecular formula is C84H155NO18. The summed E-state index contributed by atoms with van der Waals surface area (Å²) in [5.74, 6) is -0.241. The molecule has 3 heterocycles. The number of hydrogen-bond donors (Lipinski definition) is 12. The molecule has 17 atom stereocenters. The van der Waals surface area contributed by atoms with Crippen LogP contribution >= 0.6 is 0 Å². The van der Waals surface area contributed by atoms with Gasteiger partial charge in [-0.25, -0.2) is 0 Å². The third kappa shape index (κ3) is 44.3. The Balaban J connectivity index is 1.34. The zero-order valence-corrected chi connectivity index (χ0v) is 64.8. The maximum Gasteiger partial charge on any atom is 0.220 e. The number of aliphatic hydroxyl groups excluding tert-OH is 11. The Bertz CT molecular complexity index is 2050. The standard InChI is InChI=1S/C84H155NO18/c1-3-5-7-9-11-13-15-17-19-21-23-25-27-29-30-31-32-33-34-35-36-38-39-41-43-45-47-49-51-53-55-57-59-61-68(89)67(85-72(90)62-60-58-56-54-52-50-48-46-44-42-40-37-28-26-24-22-20-18-16-14-12-10-8-6-4-2)66-98-82-78(96)75(93)80(70(64-87)100-82)103-84-79(97)76(94)81(71(65-88)101-84)102-83-77(95)74(92)73(91)69(63-86)99-83/h6,8,12,14,18,20,24,26,67-71,73-84,86-89,91-97H,3-5,7,9-11,13,15-17,19,21-23,25,27-66H2,1-2H3,(H,85,90)/b8-6-,14-12-,20-18-,26-24-. The second-order valence-corrected chi connectivity index (χ2v) is 30.3. The highest BCUT2D eigenvalue weighted by molar-refractivity contribution is 5.76. The van der Waals surface area contributed by atoms with Crippen LogP contribution in [0.25, 0.3) is 0 Å². The third-order valence-electron chi connectivity index (χ3n) is 21.2. The number of rotatable bonds is 68. The fourth-order valence-corrected chi connectivity index (χ4v) is 14.4. The number of allylic oxidation sites excluding steroid dienone is 8. The highest BCUT2D eigenvalue weighted by Crippen LogP contribution is 2.33. The number of hydrogen-bond acceptors (Lipinski definition) is 18. The minimum absolute atomic E-state index is 0.241. The Morgan fingerprint density at radius 2 is 0.670 bits per heavy atom. The van der Waals surface area contributed by atoms with Crippen molar-refractivity contribution in [3.05, 3.63) is 48.6 Å². The van der Waals surface area contributed by atoms with Gasteiger partial charge in [0.25, 0.3) is 0 Å². The molecule has 3 fully saturated rings. The molecule has 0 aromatic carbocycles. The third-order valence-corrected chi connectivity index (χ3v) is 21.2. The monoisotopic (exact) mass is 1470 g/mol. The molecular weight excluding hydrogens is 1310 g/mol. The van der Waals surface area contributed by atoms with Crippen LogP contribution in [0.3, 0.4) is 0 Å². The number of aliphatic hydroxyl groups is 11. The quantitative estimate of drug-likeness (QED) is 0.0199. The molecule has 3 saturated heterocycles. The van der Waals surface area contributed by atoms with Crippen LogP contribution in [0, 0.1) is 0 Å². The molecule has 0 aliphatic carbocycles. The Labute approximate surface area is 624 Å². The van der Waals surface area contributed by atoms with Gasteiger partial charge in [0.15, 0.2) is 18.9 Å². The zero-order chi connectivity index (χ0) is 74.6. The van der Waals surface area contributed by atoms with Crippen LogP contribution in [0.4, 0.5) is 0 Å². The lowest BCUT2D eigenvalue weighted by molar-refractivity contribution is -0.379. The van der Waals surface area contributed by atoms with Crippen LogP contribution in [-0.4, -0.2) is 193 Å². The van der Waals surface area contributed by atoms with E-state index >= 15 is 0 Å². The molecule has 0 aromatic rings. The van der Waals surface area contributed by atoms with E-state index in [2.05, 4.69) is 67.8 Å². The van der Waals surface area contributed by atoms with Gasteiger partial charge < -0.3 is 89.9 Å². The molecule has 12 N–H and O–H groups in total.